The molecule has 0 aliphatic heterocycles. The zero-order valence-electron chi connectivity index (χ0n) is 15.1. The van der Waals surface area contributed by atoms with Crippen LogP contribution in [0.4, 0.5) is 0 Å². The minimum absolute atomic E-state index is 0.149. The molecule has 0 fully saturated rings. The summed E-state index contributed by atoms with van der Waals surface area (Å²) in [4.78, 5) is 12.5. The SMILES string of the molecule is CCNC(=NCc1sc(C)nc1C)NC[C@@H](c1ccco1)N(C)C. The van der Waals surface area contributed by atoms with Gasteiger partial charge in [0.15, 0.2) is 5.96 Å². The van der Waals surface area contributed by atoms with Gasteiger partial charge in [-0.15, -0.1) is 11.3 Å². The minimum Gasteiger partial charge on any atom is -0.468 e. The third kappa shape index (κ3) is 5.07. The quantitative estimate of drug-likeness (QED) is 0.594. The highest BCUT2D eigenvalue weighted by atomic mass is 32.1. The van der Waals surface area contributed by atoms with Crippen molar-refractivity contribution in [2.24, 2.45) is 4.99 Å². The van der Waals surface area contributed by atoms with Gasteiger partial charge in [0.2, 0.25) is 0 Å². The fraction of sp³-hybridized carbons (Fsp3) is 0.529. The molecule has 6 nitrogen and oxygen atoms in total. The predicted molar refractivity (Wildman–Crippen MR) is 99.5 cm³/mol. The number of aromatic nitrogens is 1. The first-order chi connectivity index (χ1) is 11.5. The van der Waals surface area contributed by atoms with Crippen LogP contribution in [0.25, 0.3) is 0 Å². The Bertz CT molecular complexity index is 648. The predicted octanol–water partition coefficient (Wildman–Crippen LogP) is 2.71. The van der Waals surface area contributed by atoms with Gasteiger partial charge in [-0.25, -0.2) is 9.98 Å². The van der Waals surface area contributed by atoms with Crippen molar-refractivity contribution in [3.8, 4) is 0 Å². The maximum absolute atomic E-state index is 5.55. The second-order valence-electron chi connectivity index (χ2n) is 5.81. The molecule has 2 heterocycles. The standard InChI is InChI=1S/C17H27N5OS/c1-6-18-17(20-11-16-12(2)21-13(3)24-16)19-10-14(22(4)5)15-8-7-9-23-15/h7-9,14H,6,10-11H2,1-5H3,(H2,18,19,20)/t14-/m0/s1. The minimum atomic E-state index is 0.149. The van der Waals surface area contributed by atoms with E-state index in [2.05, 4.69) is 32.4 Å². The number of rotatable bonds is 7. The van der Waals surface area contributed by atoms with E-state index in [4.69, 9.17) is 4.42 Å². The Morgan fingerprint density at radius 2 is 2.17 bits per heavy atom. The van der Waals surface area contributed by atoms with Crippen molar-refractivity contribution in [3.63, 3.8) is 0 Å². The van der Waals surface area contributed by atoms with Crippen molar-refractivity contribution in [3.05, 3.63) is 39.7 Å². The second kappa shape index (κ2) is 8.84. The van der Waals surface area contributed by atoms with Gasteiger partial charge in [0, 0.05) is 18.0 Å². The number of hydrogen-bond acceptors (Lipinski definition) is 5. The van der Waals surface area contributed by atoms with Crippen LogP contribution in [0.1, 0.15) is 34.3 Å². The topological polar surface area (TPSA) is 65.7 Å². The average molecular weight is 350 g/mol. The number of furan rings is 1. The molecule has 1 atom stereocenters. The van der Waals surface area contributed by atoms with Crippen LogP contribution in [0, 0.1) is 13.8 Å². The molecule has 24 heavy (non-hydrogen) atoms. The zero-order chi connectivity index (χ0) is 17.5. The van der Waals surface area contributed by atoms with E-state index in [1.54, 1.807) is 17.6 Å². The van der Waals surface area contributed by atoms with Crippen LogP contribution in [0.2, 0.25) is 0 Å². The highest BCUT2D eigenvalue weighted by Gasteiger charge is 2.17. The number of nitrogens with one attached hydrogen (secondary N) is 2. The monoisotopic (exact) mass is 349 g/mol. The van der Waals surface area contributed by atoms with Gasteiger partial charge in [-0.3, -0.25) is 4.90 Å². The Kier molecular flexibility index (Phi) is 6.81. The summed E-state index contributed by atoms with van der Waals surface area (Å²) in [6.45, 7) is 8.30. The van der Waals surface area contributed by atoms with E-state index < -0.39 is 0 Å². The summed E-state index contributed by atoms with van der Waals surface area (Å²) < 4.78 is 5.55. The largest absolute Gasteiger partial charge is 0.468 e. The van der Waals surface area contributed by atoms with Crippen molar-refractivity contribution < 1.29 is 4.42 Å². The summed E-state index contributed by atoms with van der Waals surface area (Å²) in [6.07, 6.45) is 1.71. The molecule has 0 unspecified atom stereocenters. The van der Waals surface area contributed by atoms with Crippen LogP contribution in [0.5, 0.6) is 0 Å². The Balaban J connectivity index is 2.01. The Morgan fingerprint density at radius 3 is 2.71 bits per heavy atom. The number of guanidine groups is 1. The number of likely N-dealkylation sites (N-methyl/N-ethyl adjacent to an activating group) is 1. The van der Waals surface area contributed by atoms with E-state index in [1.807, 2.05) is 40.1 Å². The molecule has 0 bridgehead atoms. The molecule has 2 N–H and O–H groups in total. The molecule has 0 saturated carbocycles. The normalized spacial score (nSPS) is 13.3. The summed E-state index contributed by atoms with van der Waals surface area (Å²) in [6, 6.07) is 4.07. The molecule has 0 saturated heterocycles. The van der Waals surface area contributed by atoms with Gasteiger partial charge in [0.05, 0.1) is 29.6 Å². The summed E-state index contributed by atoms with van der Waals surface area (Å²) in [5, 5.41) is 7.79. The maximum Gasteiger partial charge on any atom is 0.191 e. The Labute approximate surface area is 148 Å². The Hall–Kier alpha value is -1.86. The van der Waals surface area contributed by atoms with E-state index in [9.17, 15) is 0 Å². The van der Waals surface area contributed by atoms with Gasteiger partial charge < -0.3 is 15.1 Å². The molecular formula is C17H27N5OS. The van der Waals surface area contributed by atoms with E-state index in [1.165, 1.54) is 4.88 Å². The number of nitrogens with zero attached hydrogens (tertiary/aromatic N) is 3. The molecule has 0 aromatic carbocycles. The van der Waals surface area contributed by atoms with Crippen LogP contribution in [-0.2, 0) is 6.54 Å². The lowest BCUT2D eigenvalue weighted by molar-refractivity contribution is 0.258. The summed E-state index contributed by atoms with van der Waals surface area (Å²) in [7, 11) is 4.09. The van der Waals surface area contributed by atoms with Gasteiger partial charge in [0.25, 0.3) is 0 Å². The average Bonchev–Trinajstić information content (AvgIpc) is 3.14. The van der Waals surface area contributed by atoms with Crippen LogP contribution in [0.3, 0.4) is 0 Å². The Morgan fingerprint density at radius 1 is 1.38 bits per heavy atom. The highest BCUT2D eigenvalue weighted by molar-refractivity contribution is 7.11. The van der Waals surface area contributed by atoms with Gasteiger partial charge in [0.1, 0.15) is 5.76 Å². The molecule has 0 radical (unpaired) electrons. The second-order valence-corrected chi connectivity index (χ2v) is 7.10. The lowest BCUT2D eigenvalue weighted by Crippen LogP contribution is -2.41. The molecule has 0 aliphatic rings. The number of thiazole rings is 1. The lowest BCUT2D eigenvalue weighted by atomic mass is 10.2. The van der Waals surface area contributed by atoms with Gasteiger partial charge in [-0.1, -0.05) is 0 Å². The molecule has 0 amide bonds. The van der Waals surface area contributed by atoms with Gasteiger partial charge >= 0.3 is 0 Å². The maximum atomic E-state index is 5.55. The van der Waals surface area contributed by atoms with E-state index in [0.29, 0.717) is 13.1 Å². The first-order valence-corrected chi connectivity index (χ1v) is 8.97. The molecule has 2 rings (SSSR count). The third-order valence-electron chi connectivity index (χ3n) is 3.68. The van der Waals surface area contributed by atoms with Crippen molar-refractivity contribution in [2.45, 2.75) is 33.4 Å². The highest BCUT2D eigenvalue weighted by Crippen LogP contribution is 2.19. The van der Waals surface area contributed by atoms with Crippen molar-refractivity contribution >= 4 is 17.3 Å². The van der Waals surface area contributed by atoms with E-state index in [0.717, 1.165) is 29.0 Å². The number of hydrogen-bond donors (Lipinski definition) is 2. The molecule has 132 valence electrons. The smallest absolute Gasteiger partial charge is 0.191 e. The van der Waals surface area contributed by atoms with Crippen molar-refractivity contribution in [1.82, 2.24) is 20.5 Å². The third-order valence-corrected chi connectivity index (χ3v) is 4.74. The summed E-state index contributed by atoms with van der Waals surface area (Å²) >= 11 is 1.70. The van der Waals surface area contributed by atoms with Crippen LogP contribution in [0.15, 0.2) is 27.8 Å². The van der Waals surface area contributed by atoms with Crippen molar-refractivity contribution in [2.75, 3.05) is 27.2 Å². The van der Waals surface area contributed by atoms with E-state index in [-0.39, 0.29) is 6.04 Å². The lowest BCUT2D eigenvalue weighted by Gasteiger charge is -2.23. The molecule has 2 aromatic rings. The fourth-order valence-electron chi connectivity index (χ4n) is 2.42. The first-order valence-electron chi connectivity index (χ1n) is 8.16. The molecule has 2 aromatic heterocycles. The zero-order valence-corrected chi connectivity index (χ0v) is 15.9. The fourth-order valence-corrected chi connectivity index (χ4v) is 3.29. The van der Waals surface area contributed by atoms with Gasteiger partial charge in [-0.05, 0) is 47.0 Å². The van der Waals surface area contributed by atoms with Crippen molar-refractivity contribution in [1.29, 1.82) is 0 Å². The van der Waals surface area contributed by atoms with Crippen LogP contribution < -0.4 is 10.6 Å². The first kappa shape index (κ1) is 18.5. The van der Waals surface area contributed by atoms with Gasteiger partial charge in [-0.2, -0.15) is 0 Å². The number of aliphatic imine (C=N–C) groups is 1. The summed E-state index contributed by atoms with van der Waals surface area (Å²) in [5.74, 6) is 1.75. The van der Waals surface area contributed by atoms with E-state index >= 15 is 0 Å². The molecular weight excluding hydrogens is 322 g/mol. The molecule has 0 aliphatic carbocycles. The van der Waals surface area contributed by atoms with Crippen LogP contribution in [-0.4, -0.2) is 43.0 Å². The molecule has 7 heteroatoms. The van der Waals surface area contributed by atoms with Crippen LogP contribution >= 0.6 is 11.3 Å². The molecule has 0 spiro atoms. The summed E-state index contributed by atoms with van der Waals surface area (Å²) in [5.41, 5.74) is 1.07. The number of aryl methyl sites for hydroxylation is 2.